The summed E-state index contributed by atoms with van der Waals surface area (Å²) in [5, 5.41) is 20.1. The number of aromatic nitrogens is 2. The summed E-state index contributed by atoms with van der Waals surface area (Å²) in [6.07, 6.45) is -5.78. The fraction of sp³-hybridized carbons (Fsp3) is 0.500. The van der Waals surface area contributed by atoms with Crippen molar-refractivity contribution in [1.29, 1.82) is 0 Å². The Morgan fingerprint density at radius 2 is 1.77 bits per heavy atom. The van der Waals surface area contributed by atoms with Crippen molar-refractivity contribution >= 4 is 33.3 Å². The second kappa shape index (κ2) is 9.76. The van der Waals surface area contributed by atoms with Crippen LogP contribution in [0.15, 0.2) is 38.8 Å². The van der Waals surface area contributed by atoms with Crippen molar-refractivity contribution in [3.05, 3.63) is 61.1 Å². The van der Waals surface area contributed by atoms with Gasteiger partial charge in [0.15, 0.2) is 0 Å². The quantitative estimate of drug-likeness (QED) is 0.505. The average molecular weight is 529 g/mol. The Bertz CT molecular complexity index is 1350. The van der Waals surface area contributed by atoms with Crippen LogP contribution in [0.4, 0.5) is 13.2 Å². The molecule has 1 aromatic carbocycles. The van der Waals surface area contributed by atoms with Crippen LogP contribution in [0.5, 0.6) is 0 Å². The topological polar surface area (TPSA) is 84.5 Å². The number of aliphatic hydroxyl groups excluding tert-OH is 2. The van der Waals surface area contributed by atoms with Gasteiger partial charge in [-0.15, -0.1) is 23.1 Å². The second-order valence-corrected chi connectivity index (χ2v) is 11.8. The van der Waals surface area contributed by atoms with Crippen molar-refractivity contribution in [2.45, 2.75) is 68.2 Å². The van der Waals surface area contributed by atoms with Crippen molar-refractivity contribution in [2.75, 3.05) is 0 Å². The Balaban J connectivity index is 1.93. The summed E-state index contributed by atoms with van der Waals surface area (Å²) < 4.78 is 43.6. The first-order valence-electron chi connectivity index (χ1n) is 11.3. The maximum atomic E-state index is 13.7. The monoisotopic (exact) mass is 528 g/mol. The van der Waals surface area contributed by atoms with Crippen molar-refractivity contribution in [3.63, 3.8) is 0 Å². The third-order valence-corrected chi connectivity index (χ3v) is 8.90. The molecule has 1 aliphatic carbocycles. The summed E-state index contributed by atoms with van der Waals surface area (Å²) in [5.41, 5.74) is -1.64. The summed E-state index contributed by atoms with van der Waals surface area (Å²) in [5.74, 6) is 0.0983. The number of nitrogens with zero attached hydrogens (tertiary/aromatic N) is 2. The van der Waals surface area contributed by atoms with E-state index in [0.717, 1.165) is 10.6 Å². The maximum absolute atomic E-state index is 13.7. The molecule has 11 heteroatoms. The highest BCUT2D eigenvalue weighted by atomic mass is 32.2. The highest BCUT2D eigenvalue weighted by molar-refractivity contribution is 8.00. The summed E-state index contributed by atoms with van der Waals surface area (Å²) in [4.78, 5) is 27.7. The number of rotatable bonds is 6. The van der Waals surface area contributed by atoms with E-state index in [4.69, 9.17) is 0 Å². The first-order valence-corrected chi connectivity index (χ1v) is 13.0. The fourth-order valence-electron chi connectivity index (χ4n) is 4.45. The Morgan fingerprint density at radius 3 is 2.37 bits per heavy atom. The van der Waals surface area contributed by atoms with Gasteiger partial charge in [0.25, 0.3) is 5.56 Å². The van der Waals surface area contributed by atoms with Crippen LogP contribution in [0.25, 0.3) is 10.2 Å². The predicted octanol–water partition coefficient (Wildman–Crippen LogP) is 4.00. The summed E-state index contributed by atoms with van der Waals surface area (Å²) in [7, 11) is 1.40. The maximum Gasteiger partial charge on any atom is 0.416 e. The number of fused-ring (bicyclic) bond motifs is 1. The molecule has 2 aromatic heterocycles. The number of thiophene rings is 1. The Morgan fingerprint density at radius 1 is 1.14 bits per heavy atom. The molecule has 0 amide bonds. The van der Waals surface area contributed by atoms with Crippen LogP contribution in [0.3, 0.4) is 0 Å². The van der Waals surface area contributed by atoms with Gasteiger partial charge in [-0.3, -0.25) is 13.9 Å². The molecule has 0 spiro atoms. The molecule has 0 bridgehead atoms. The lowest BCUT2D eigenvalue weighted by molar-refractivity contribution is -0.138. The zero-order valence-corrected chi connectivity index (χ0v) is 21.1. The Kier molecular flexibility index (Phi) is 7.25. The molecule has 1 fully saturated rings. The Labute approximate surface area is 208 Å². The summed E-state index contributed by atoms with van der Waals surface area (Å²) in [6.45, 7) is 4.23. The summed E-state index contributed by atoms with van der Waals surface area (Å²) >= 11 is 2.46. The minimum Gasteiger partial charge on any atom is -0.390 e. The predicted molar refractivity (Wildman–Crippen MR) is 131 cm³/mol. The van der Waals surface area contributed by atoms with Gasteiger partial charge in [0, 0.05) is 35.0 Å². The molecule has 190 valence electrons. The number of benzene rings is 1. The standard InChI is InChI=1S/C24H27F3N2O4S2/c1-12(2)11-29-22-19(21(32)28(3)23(29)33)20(34-14-9-16(30)17(31)10-14)18(35-22)8-13-6-4-5-7-15(13)24(25,26)27/h4-7,12,14,16-17,30-31H,8-11H2,1-3H3/t14?,16-,17+. The number of aliphatic hydroxyl groups is 2. The van der Waals surface area contributed by atoms with Gasteiger partial charge in [0.05, 0.1) is 23.2 Å². The molecule has 0 saturated heterocycles. The van der Waals surface area contributed by atoms with Gasteiger partial charge in [-0.1, -0.05) is 32.0 Å². The average Bonchev–Trinajstić information content (AvgIpc) is 3.28. The van der Waals surface area contributed by atoms with Crippen LogP contribution in [-0.4, -0.2) is 36.8 Å². The molecule has 3 aromatic rings. The SMILES string of the molecule is CC(C)Cn1c(=O)n(C)c(=O)c2c(SC3C[C@@H](O)[C@@H](O)C3)c(Cc3ccccc3C(F)(F)F)sc21. The molecule has 6 nitrogen and oxygen atoms in total. The van der Waals surface area contributed by atoms with Crippen LogP contribution in [0.2, 0.25) is 0 Å². The van der Waals surface area contributed by atoms with Crippen molar-refractivity contribution in [1.82, 2.24) is 9.13 Å². The van der Waals surface area contributed by atoms with E-state index in [2.05, 4.69) is 0 Å². The van der Waals surface area contributed by atoms with Crippen LogP contribution in [0.1, 0.15) is 42.7 Å². The number of hydrogen-bond acceptors (Lipinski definition) is 6. The molecule has 2 heterocycles. The molecule has 0 radical (unpaired) electrons. The molecule has 1 aliphatic rings. The van der Waals surface area contributed by atoms with E-state index in [0.29, 0.717) is 39.4 Å². The fourth-order valence-corrected chi connectivity index (χ4v) is 7.42. The van der Waals surface area contributed by atoms with Crippen molar-refractivity contribution in [3.8, 4) is 0 Å². The van der Waals surface area contributed by atoms with E-state index in [1.165, 1.54) is 46.8 Å². The van der Waals surface area contributed by atoms with Crippen molar-refractivity contribution in [2.24, 2.45) is 13.0 Å². The smallest absolute Gasteiger partial charge is 0.390 e. The molecular formula is C24H27F3N2O4S2. The highest BCUT2D eigenvalue weighted by Gasteiger charge is 2.36. The molecule has 3 atom stereocenters. The number of hydrogen-bond donors (Lipinski definition) is 2. The van der Waals surface area contributed by atoms with Crippen molar-refractivity contribution < 1.29 is 23.4 Å². The van der Waals surface area contributed by atoms with Crippen LogP contribution in [0, 0.1) is 5.92 Å². The van der Waals surface area contributed by atoms with Crippen LogP contribution in [-0.2, 0) is 26.2 Å². The molecule has 35 heavy (non-hydrogen) atoms. The van der Waals surface area contributed by atoms with Gasteiger partial charge in [-0.25, -0.2) is 4.79 Å². The lowest BCUT2D eigenvalue weighted by atomic mass is 10.0. The normalized spacial score (nSPS) is 20.9. The van der Waals surface area contributed by atoms with E-state index in [9.17, 15) is 33.0 Å². The van der Waals surface area contributed by atoms with E-state index in [1.54, 1.807) is 6.07 Å². The first kappa shape index (κ1) is 26.0. The molecule has 1 unspecified atom stereocenters. The number of alkyl halides is 3. The van der Waals surface area contributed by atoms with E-state index in [1.807, 2.05) is 13.8 Å². The zero-order valence-electron chi connectivity index (χ0n) is 19.5. The van der Waals surface area contributed by atoms with Gasteiger partial charge in [0.2, 0.25) is 0 Å². The molecule has 0 aliphatic heterocycles. The second-order valence-electron chi connectivity index (χ2n) is 9.36. The van der Waals surface area contributed by atoms with Gasteiger partial charge >= 0.3 is 11.9 Å². The van der Waals surface area contributed by atoms with Gasteiger partial charge in [0.1, 0.15) is 4.83 Å². The number of thioether (sulfide) groups is 1. The van der Waals surface area contributed by atoms with E-state index >= 15 is 0 Å². The lowest BCUT2D eigenvalue weighted by Gasteiger charge is -2.14. The Hall–Kier alpha value is -2.08. The number of halogens is 3. The van der Waals surface area contributed by atoms with Gasteiger partial charge in [-0.05, 0) is 30.4 Å². The highest BCUT2D eigenvalue weighted by Crippen LogP contribution is 2.44. The largest absolute Gasteiger partial charge is 0.416 e. The van der Waals surface area contributed by atoms with E-state index in [-0.39, 0.29) is 23.2 Å². The van der Waals surface area contributed by atoms with Crippen LogP contribution >= 0.6 is 23.1 Å². The molecule has 1 saturated carbocycles. The minimum atomic E-state index is -4.53. The molecular weight excluding hydrogens is 501 g/mol. The summed E-state index contributed by atoms with van der Waals surface area (Å²) in [6, 6.07) is 5.34. The first-order chi connectivity index (χ1) is 16.4. The van der Waals surface area contributed by atoms with E-state index < -0.39 is 35.2 Å². The molecule has 4 rings (SSSR count). The molecule has 2 N–H and O–H groups in total. The van der Waals surface area contributed by atoms with Crippen LogP contribution < -0.4 is 11.2 Å². The van der Waals surface area contributed by atoms with Gasteiger partial charge < -0.3 is 10.2 Å². The third kappa shape index (κ3) is 5.09. The zero-order chi connectivity index (χ0) is 25.7. The third-order valence-electron chi connectivity index (χ3n) is 6.15. The minimum absolute atomic E-state index is 0.0613. The van der Waals surface area contributed by atoms with Gasteiger partial charge in [-0.2, -0.15) is 13.2 Å². The lowest BCUT2D eigenvalue weighted by Crippen LogP contribution is -2.38.